The highest BCUT2D eigenvalue weighted by molar-refractivity contribution is 6.31. The molecule has 0 aliphatic carbocycles. The van der Waals surface area contributed by atoms with Crippen LogP contribution < -0.4 is 20.4 Å². The van der Waals surface area contributed by atoms with Gasteiger partial charge in [0.25, 0.3) is 0 Å². The summed E-state index contributed by atoms with van der Waals surface area (Å²) in [5.74, 6) is 0.920. The summed E-state index contributed by atoms with van der Waals surface area (Å²) in [4.78, 5) is 58.0. The first-order chi connectivity index (χ1) is 34.3. The molecule has 0 spiro atoms. The fraction of sp³-hybridized carbons (Fsp3) is 0.481. The van der Waals surface area contributed by atoms with Crippen molar-refractivity contribution in [3.8, 4) is 22.5 Å². The SMILES string of the molecule is Cc1cc(F)cc(-c2cnc(N3CCN(C(=O)CCOCCOCCOCCOCCNC(=O)OC(C)(C)C)CC3)c(-c3nc4cc(Cl)ccc4[nH]3)c2N2CCC(NC(=O)OCc3ccccc3)CC2)c1. The fourth-order valence-corrected chi connectivity index (χ4v) is 8.61. The molecule has 0 saturated carbocycles. The number of amides is 3. The molecule has 0 unspecified atom stereocenters. The Bertz CT molecular complexity index is 2510. The number of ether oxygens (including phenoxy) is 6. The average molecular weight is 1000 g/mol. The lowest BCUT2D eigenvalue weighted by Crippen LogP contribution is -2.49. The molecular formula is C52H66ClFN8O9. The van der Waals surface area contributed by atoms with Crippen LogP contribution in [-0.2, 0) is 39.8 Å². The van der Waals surface area contributed by atoms with Crippen LogP contribution >= 0.6 is 11.6 Å². The molecule has 2 aliphatic heterocycles. The number of imidazole rings is 1. The van der Waals surface area contributed by atoms with Crippen molar-refractivity contribution in [2.45, 2.75) is 65.2 Å². The highest BCUT2D eigenvalue weighted by Crippen LogP contribution is 2.45. The van der Waals surface area contributed by atoms with Crippen LogP contribution in [0.3, 0.4) is 0 Å². The topological polar surface area (TPSA) is 182 Å². The van der Waals surface area contributed by atoms with Gasteiger partial charge in [0.15, 0.2) is 0 Å². The maximum atomic E-state index is 15.2. The number of H-pyrrole nitrogens is 1. The van der Waals surface area contributed by atoms with Crippen LogP contribution in [0.25, 0.3) is 33.5 Å². The van der Waals surface area contributed by atoms with Gasteiger partial charge in [-0.25, -0.2) is 23.9 Å². The molecule has 3 aromatic carbocycles. The number of benzene rings is 3. The number of hydrogen-bond acceptors (Lipinski definition) is 13. The van der Waals surface area contributed by atoms with Crippen molar-refractivity contribution in [3.63, 3.8) is 0 Å². The monoisotopic (exact) mass is 1000 g/mol. The maximum Gasteiger partial charge on any atom is 0.407 e. The summed E-state index contributed by atoms with van der Waals surface area (Å²) in [7, 11) is 0. The van der Waals surface area contributed by atoms with Crippen molar-refractivity contribution < 1.29 is 47.2 Å². The molecule has 2 saturated heterocycles. The highest BCUT2D eigenvalue weighted by atomic mass is 35.5. The molecule has 0 atom stereocenters. The van der Waals surface area contributed by atoms with Crippen LogP contribution in [0.15, 0.2) is 72.9 Å². The number of carbonyl (C=O) groups excluding carboxylic acids is 3. The minimum atomic E-state index is -0.547. The molecule has 2 fully saturated rings. The first-order valence-corrected chi connectivity index (χ1v) is 24.7. The van der Waals surface area contributed by atoms with Gasteiger partial charge in [-0.1, -0.05) is 48.0 Å². The van der Waals surface area contributed by atoms with Crippen LogP contribution in [0, 0.1) is 12.7 Å². The largest absolute Gasteiger partial charge is 0.445 e. The summed E-state index contributed by atoms with van der Waals surface area (Å²) < 4.78 is 48.2. The van der Waals surface area contributed by atoms with Gasteiger partial charge in [0.2, 0.25) is 5.91 Å². The summed E-state index contributed by atoms with van der Waals surface area (Å²) in [6, 6.07) is 20.0. The molecule has 0 radical (unpaired) electrons. The Morgan fingerprint density at radius 2 is 1.48 bits per heavy atom. The second-order valence-corrected chi connectivity index (χ2v) is 18.9. The molecule has 2 aliphatic rings. The van der Waals surface area contributed by atoms with E-state index in [1.165, 1.54) is 12.1 Å². The second kappa shape index (κ2) is 25.9. The molecular weight excluding hydrogens is 935 g/mol. The standard InChI is InChI=1S/C52H66ClFN8O9/c1-36-30-38(32-40(54)31-36)42-34-56-49(62-20-18-60(19-21-62)45(63)14-22-66-24-26-68-28-29-69-27-25-67-23-15-55-50(64)71-52(2,3)4)46(48-58-43-11-10-39(53)33-44(43)59-48)47(42)61-16-12-41(13-17-61)57-51(65)70-35-37-8-6-5-7-9-37/h5-11,30-34,41H,12-29,35H2,1-4H3,(H,55,64)(H,57,65)(H,58,59). The number of carbonyl (C=O) groups is 3. The normalized spacial score (nSPS) is 14.5. The van der Waals surface area contributed by atoms with E-state index in [0.29, 0.717) is 133 Å². The van der Waals surface area contributed by atoms with Crippen molar-refractivity contribution in [1.82, 2.24) is 30.5 Å². The molecule has 19 heteroatoms. The Morgan fingerprint density at radius 1 is 0.803 bits per heavy atom. The predicted octanol–water partition coefficient (Wildman–Crippen LogP) is 7.92. The van der Waals surface area contributed by atoms with E-state index >= 15 is 4.39 Å². The maximum absolute atomic E-state index is 15.2. The Labute approximate surface area is 419 Å². The molecule has 3 N–H and O–H groups in total. The predicted molar refractivity (Wildman–Crippen MR) is 270 cm³/mol. The van der Waals surface area contributed by atoms with Gasteiger partial charge < -0.3 is 58.7 Å². The first kappa shape index (κ1) is 52.8. The lowest BCUT2D eigenvalue weighted by molar-refractivity contribution is -0.132. The van der Waals surface area contributed by atoms with Crippen molar-refractivity contribution in [2.24, 2.45) is 0 Å². The van der Waals surface area contributed by atoms with Gasteiger partial charge in [0.05, 0.1) is 81.6 Å². The van der Waals surface area contributed by atoms with Crippen LogP contribution in [0.1, 0.15) is 51.2 Å². The van der Waals surface area contributed by atoms with E-state index < -0.39 is 17.8 Å². The molecule has 71 heavy (non-hydrogen) atoms. The van der Waals surface area contributed by atoms with Gasteiger partial charge in [-0.2, -0.15) is 0 Å². The van der Waals surface area contributed by atoms with E-state index in [4.69, 9.17) is 50.0 Å². The third-order valence-electron chi connectivity index (χ3n) is 11.8. The minimum absolute atomic E-state index is 0.00194. The number of halogens is 2. The van der Waals surface area contributed by atoms with Crippen LogP contribution in [-0.4, -0.2) is 148 Å². The summed E-state index contributed by atoms with van der Waals surface area (Å²) in [5.41, 5.74) is 5.64. The molecule has 5 aromatic rings. The molecule has 4 heterocycles. The number of alkyl carbamates (subject to hydrolysis) is 2. The van der Waals surface area contributed by atoms with E-state index in [0.717, 1.165) is 33.5 Å². The van der Waals surface area contributed by atoms with Gasteiger partial charge in [-0.3, -0.25) is 4.79 Å². The summed E-state index contributed by atoms with van der Waals surface area (Å²) in [6.07, 6.45) is 2.39. The highest BCUT2D eigenvalue weighted by Gasteiger charge is 2.32. The number of aryl methyl sites for hydroxylation is 1. The molecule has 382 valence electrons. The number of rotatable bonds is 22. The van der Waals surface area contributed by atoms with Crippen LogP contribution in [0.5, 0.6) is 0 Å². The van der Waals surface area contributed by atoms with Crippen molar-refractivity contribution in [2.75, 3.05) is 108 Å². The van der Waals surface area contributed by atoms with Crippen LogP contribution in [0.2, 0.25) is 5.02 Å². The summed E-state index contributed by atoms with van der Waals surface area (Å²) in [6.45, 7) is 13.9. The average Bonchev–Trinajstić information content (AvgIpc) is 3.77. The third kappa shape index (κ3) is 16.0. The molecule has 2 aromatic heterocycles. The summed E-state index contributed by atoms with van der Waals surface area (Å²) in [5, 5.41) is 6.25. The number of piperidine rings is 1. The van der Waals surface area contributed by atoms with Gasteiger partial charge in [-0.05, 0) is 87.6 Å². The number of nitrogens with zero attached hydrogens (tertiary/aromatic N) is 5. The molecule has 7 rings (SSSR count). The summed E-state index contributed by atoms with van der Waals surface area (Å²) >= 11 is 6.44. The first-order valence-electron chi connectivity index (χ1n) is 24.3. The van der Waals surface area contributed by atoms with Crippen molar-refractivity contribution >= 4 is 52.2 Å². The Hall–Kier alpha value is -6.05. The number of hydrogen-bond donors (Lipinski definition) is 3. The van der Waals surface area contributed by atoms with E-state index in [9.17, 15) is 14.4 Å². The number of anilines is 2. The zero-order valence-electron chi connectivity index (χ0n) is 41.1. The van der Waals surface area contributed by atoms with Gasteiger partial charge in [0, 0.05) is 68.6 Å². The van der Waals surface area contributed by atoms with Gasteiger partial charge in [0.1, 0.15) is 29.7 Å². The van der Waals surface area contributed by atoms with E-state index in [1.807, 2.05) is 72.6 Å². The Kier molecular flexibility index (Phi) is 19.2. The molecule has 0 bridgehead atoms. The van der Waals surface area contributed by atoms with E-state index in [2.05, 4.69) is 25.4 Å². The number of aromatic nitrogens is 3. The van der Waals surface area contributed by atoms with E-state index in [1.54, 1.807) is 20.8 Å². The molecule has 3 amide bonds. The quantitative estimate of drug-likeness (QED) is 0.0570. The lowest BCUT2D eigenvalue weighted by Gasteiger charge is -2.39. The molecule has 17 nitrogen and oxygen atoms in total. The number of pyridine rings is 1. The van der Waals surface area contributed by atoms with Gasteiger partial charge >= 0.3 is 12.2 Å². The fourth-order valence-electron chi connectivity index (χ4n) is 8.44. The second-order valence-electron chi connectivity index (χ2n) is 18.4. The van der Waals surface area contributed by atoms with Crippen molar-refractivity contribution in [3.05, 3.63) is 94.9 Å². The number of aromatic amines is 1. The zero-order valence-corrected chi connectivity index (χ0v) is 41.9. The Morgan fingerprint density at radius 3 is 2.15 bits per heavy atom. The number of nitrogens with one attached hydrogen (secondary N) is 3. The number of piperazine rings is 1. The van der Waals surface area contributed by atoms with E-state index in [-0.39, 0.29) is 37.4 Å². The minimum Gasteiger partial charge on any atom is -0.445 e. The lowest BCUT2D eigenvalue weighted by atomic mass is 9.96. The smallest absolute Gasteiger partial charge is 0.407 e. The van der Waals surface area contributed by atoms with Crippen molar-refractivity contribution in [1.29, 1.82) is 0 Å². The Balaban J connectivity index is 0.938. The number of fused-ring (bicyclic) bond motifs is 1. The third-order valence-corrected chi connectivity index (χ3v) is 12.1. The van der Waals surface area contributed by atoms with Crippen LogP contribution in [0.4, 0.5) is 25.5 Å². The van der Waals surface area contributed by atoms with Gasteiger partial charge in [-0.15, -0.1) is 0 Å². The zero-order chi connectivity index (χ0) is 50.2.